The van der Waals surface area contributed by atoms with E-state index in [1.165, 1.54) is 0 Å². The third-order valence-corrected chi connectivity index (χ3v) is 2.61. The quantitative estimate of drug-likeness (QED) is 0.477. The molecular weight excluding hydrogens is 152 g/mol. The molecule has 1 aliphatic heterocycles. The Labute approximate surface area is 73.6 Å². The lowest BCUT2D eigenvalue weighted by Gasteiger charge is -2.41. The minimum absolute atomic E-state index is 0.0650. The molecule has 12 heavy (non-hydrogen) atoms. The predicted molar refractivity (Wildman–Crippen MR) is 47.7 cm³/mol. The highest BCUT2D eigenvalue weighted by Crippen LogP contribution is 2.36. The monoisotopic (exact) mass is 168 g/mol. The zero-order valence-corrected chi connectivity index (χ0v) is 7.96. The number of rotatable bonds is 3. The molecule has 0 bridgehead atoms. The first-order valence-electron chi connectivity index (χ1n) is 4.41. The third kappa shape index (κ3) is 1.68. The van der Waals surface area contributed by atoms with Crippen LogP contribution >= 0.6 is 0 Å². The molecule has 1 fully saturated rings. The van der Waals surface area contributed by atoms with Gasteiger partial charge in [0.1, 0.15) is 5.60 Å². The lowest BCUT2D eigenvalue weighted by molar-refractivity contribution is -0.196. The van der Waals surface area contributed by atoms with Gasteiger partial charge in [0, 0.05) is 0 Å². The van der Waals surface area contributed by atoms with Crippen LogP contribution in [0, 0.1) is 5.92 Å². The van der Waals surface area contributed by atoms with Gasteiger partial charge in [-0.25, -0.2) is 0 Å². The molecule has 0 N–H and O–H groups in total. The number of cyclic esters (lactones) is 1. The van der Waals surface area contributed by atoms with Crippen LogP contribution in [-0.4, -0.2) is 11.6 Å². The zero-order valence-electron chi connectivity index (χ0n) is 7.96. The van der Waals surface area contributed by atoms with E-state index in [2.05, 4.69) is 13.0 Å². The fourth-order valence-electron chi connectivity index (χ4n) is 1.40. The second kappa shape index (κ2) is 3.30. The number of carbonyl (C=O) groups is 1. The number of ether oxygens (including phenoxy) is 1. The van der Waals surface area contributed by atoms with Crippen LogP contribution in [0.15, 0.2) is 12.2 Å². The van der Waals surface area contributed by atoms with Gasteiger partial charge in [0.05, 0.1) is 6.42 Å². The maximum atomic E-state index is 10.7. The van der Waals surface area contributed by atoms with E-state index in [0.717, 1.165) is 6.42 Å². The molecule has 0 amide bonds. The second-order valence-corrected chi connectivity index (χ2v) is 3.67. The first kappa shape index (κ1) is 9.30. The number of esters is 1. The van der Waals surface area contributed by atoms with Gasteiger partial charge in [-0.2, -0.15) is 0 Å². The van der Waals surface area contributed by atoms with Crippen molar-refractivity contribution in [1.82, 2.24) is 0 Å². The van der Waals surface area contributed by atoms with Gasteiger partial charge in [-0.15, -0.1) is 0 Å². The largest absolute Gasteiger partial charge is 0.458 e. The molecule has 0 aromatic heterocycles. The minimum atomic E-state index is -0.198. The molecule has 0 aromatic rings. The molecule has 2 atom stereocenters. The van der Waals surface area contributed by atoms with Crippen LogP contribution in [0.25, 0.3) is 0 Å². The van der Waals surface area contributed by atoms with E-state index in [9.17, 15) is 4.79 Å². The SMILES string of the molecule is C/C=C/CC(C)C1(C)CC(=O)O1. The van der Waals surface area contributed by atoms with Crippen molar-refractivity contribution in [2.45, 2.75) is 39.2 Å². The van der Waals surface area contributed by atoms with E-state index in [0.29, 0.717) is 12.3 Å². The van der Waals surface area contributed by atoms with Crippen LogP contribution in [0.2, 0.25) is 0 Å². The molecular formula is C10H16O2. The smallest absolute Gasteiger partial charge is 0.310 e. The summed E-state index contributed by atoms with van der Waals surface area (Å²) in [7, 11) is 0. The molecule has 1 saturated heterocycles. The summed E-state index contributed by atoms with van der Waals surface area (Å²) in [5.74, 6) is 0.358. The molecule has 2 nitrogen and oxygen atoms in total. The summed E-state index contributed by atoms with van der Waals surface area (Å²) in [4.78, 5) is 10.7. The average Bonchev–Trinajstić information content (AvgIpc) is 1.97. The zero-order chi connectivity index (χ0) is 9.19. The summed E-state index contributed by atoms with van der Waals surface area (Å²) in [5, 5.41) is 0. The summed E-state index contributed by atoms with van der Waals surface area (Å²) in [6, 6.07) is 0. The van der Waals surface area contributed by atoms with E-state index in [1.807, 2.05) is 19.9 Å². The molecule has 0 aromatic carbocycles. The number of hydrogen-bond acceptors (Lipinski definition) is 2. The molecule has 2 unspecified atom stereocenters. The molecule has 0 saturated carbocycles. The van der Waals surface area contributed by atoms with E-state index < -0.39 is 0 Å². The van der Waals surface area contributed by atoms with Crippen LogP contribution in [0.3, 0.4) is 0 Å². The maximum Gasteiger partial charge on any atom is 0.310 e. The second-order valence-electron chi connectivity index (χ2n) is 3.67. The van der Waals surface area contributed by atoms with E-state index in [-0.39, 0.29) is 11.6 Å². The number of allylic oxidation sites excluding steroid dienone is 2. The van der Waals surface area contributed by atoms with Crippen LogP contribution < -0.4 is 0 Å². The van der Waals surface area contributed by atoms with Crippen LogP contribution in [0.1, 0.15) is 33.6 Å². The lowest BCUT2D eigenvalue weighted by Crippen LogP contribution is -2.49. The fraction of sp³-hybridized carbons (Fsp3) is 0.700. The maximum absolute atomic E-state index is 10.7. The Morgan fingerprint density at radius 1 is 1.75 bits per heavy atom. The Balaban J connectivity index is 2.41. The number of hydrogen-bond donors (Lipinski definition) is 0. The Bertz CT molecular complexity index is 198. The molecule has 68 valence electrons. The van der Waals surface area contributed by atoms with Crippen molar-refractivity contribution in [3.05, 3.63) is 12.2 Å². The standard InChI is InChI=1S/C10H16O2/c1-4-5-6-8(2)10(3)7-9(11)12-10/h4-5,8H,6-7H2,1-3H3/b5-4+. The molecule has 1 rings (SSSR count). The third-order valence-electron chi connectivity index (χ3n) is 2.61. The summed E-state index contributed by atoms with van der Waals surface area (Å²) in [6.07, 6.45) is 5.70. The summed E-state index contributed by atoms with van der Waals surface area (Å²) < 4.78 is 5.11. The number of carbonyl (C=O) groups excluding carboxylic acids is 1. The highest BCUT2D eigenvalue weighted by Gasteiger charge is 2.45. The molecule has 0 radical (unpaired) electrons. The molecule has 0 spiro atoms. The highest BCUT2D eigenvalue weighted by molar-refractivity contribution is 5.76. The van der Waals surface area contributed by atoms with Crippen LogP contribution in [-0.2, 0) is 9.53 Å². The first-order valence-corrected chi connectivity index (χ1v) is 4.41. The minimum Gasteiger partial charge on any atom is -0.458 e. The molecule has 1 aliphatic rings. The van der Waals surface area contributed by atoms with Gasteiger partial charge >= 0.3 is 5.97 Å². The van der Waals surface area contributed by atoms with Gasteiger partial charge in [-0.3, -0.25) is 4.79 Å². The van der Waals surface area contributed by atoms with Gasteiger partial charge in [0.2, 0.25) is 0 Å². The van der Waals surface area contributed by atoms with Gasteiger partial charge in [-0.1, -0.05) is 19.1 Å². The Hall–Kier alpha value is -0.790. The predicted octanol–water partition coefficient (Wildman–Crippen LogP) is 2.29. The van der Waals surface area contributed by atoms with Crippen molar-refractivity contribution >= 4 is 5.97 Å². The molecule has 2 heteroatoms. The van der Waals surface area contributed by atoms with Gasteiger partial charge in [0.15, 0.2) is 0 Å². The first-order chi connectivity index (χ1) is 5.58. The summed E-state index contributed by atoms with van der Waals surface area (Å²) >= 11 is 0. The summed E-state index contributed by atoms with van der Waals surface area (Å²) in [6.45, 7) is 6.12. The van der Waals surface area contributed by atoms with Gasteiger partial charge in [0.25, 0.3) is 0 Å². The Morgan fingerprint density at radius 3 is 2.75 bits per heavy atom. The van der Waals surface area contributed by atoms with Crippen molar-refractivity contribution in [3.8, 4) is 0 Å². The van der Waals surface area contributed by atoms with Crippen LogP contribution in [0.4, 0.5) is 0 Å². The topological polar surface area (TPSA) is 26.3 Å². The van der Waals surface area contributed by atoms with Crippen molar-refractivity contribution in [2.24, 2.45) is 5.92 Å². The highest BCUT2D eigenvalue weighted by atomic mass is 16.6. The van der Waals surface area contributed by atoms with E-state index in [1.54, 1.807) is 0 Å². The Kier molecular flexibility index (Phi) is 2.55. The van der Waals surface area contributed by atoms with Crippen LogP contribution in [0.5, 0.6) is 0 Å². The Morgan fingerprint density at radius 2 is 2.33 bits per heavy atom. The average molecular weight is 168 g/mol. The van der Waals surface area contributed by atoms with Gasteiger partial charge < -0.3 is 4.74 Å². The molecule has 0 aliphatic carbocycles. The van der Waals surface area contributed by atoms with E-state index >= 15 is 0 Å². The fourth-order valence-corrected chi connectivity index (χ4v) is 1.40. The van der Waals surface area contributed by atoms with Crippen molar-refractivity contribution < 1.29 is 9.53 Å². The molecule has 1 heterocycles. The lowest BCUT2D eigenvalue weighted by atomic mass is 9.81. The summed E-state index contributed by atoms with van der Waals surface area (Å²) in [5.41, 5.74) is -0.198. The van der Waals surface area contributed by atoms with Gasteiger partial charge in [-0.05, 0) is 26.2 Å². The normalized spacial score (nSPS) is 31.4. The van der Waals surface area contributed by atoms with Crippen molar-refractivity contribution in [2.75, 3.05) is 0 Å². The van der Waals surface area contributed by atoms with Crippen molar-refractivity contribution in [1.29, 1.82) is 0 Å². The van der Waals surface area contributed by atoms with E-state index in [4.69, 9.17) is 4.74 Å². The van der Waals surface area contributed by atoms with Crippen molar-refractivity contribution in [3.63, 3.8) is 0 Å².